The van der Waals surface area contributed by atoms with E-state index in [4.69, 9.17) is 19.7 Å². The van der Waals surface area contributed by atoms with Gasteiger partial charge in [0.25, 0.3) is 5.97 Å². The van der Waals surface area contributed by atoms with Gasteiger partial charge in [0.05, 0.1) is 43.4 Å². The van der Waals surface area contributed by atoms with Crippen molar-refractivity contribution in [2.75, 3.05) is 14.2 Å². The minimum Gasteiger partial charge on any atom is -0.472 e. The number of carbonyl (C=O) groups is 2. The molecule has 0 amide bonds. The summed E-state index contributed by atoms with van der Waals surface area (Å²) in [5.41, 5.74) is 4.41. The van der Waals surface area contributed by atoms with E-state index in [0.29, 0.717) is 34.5 Å². The monoisotopic (exact) mass is 658 g/mol. The third-order valence-corrected chi connectivity index (χ3v) is 4.64. The maximum atomic E-state index is 11.6. The number of hydrogen-bond donors (Lipinski definition) is 2. The van der Waals surface area contributed by atoms with Gasteiger partial charge in [-0.25, -0.2) is 4.79 Å². The van der Waals surface area contributed by atoms with Gasteiger partial charge in [-0.05, 0) is 50.5 Å². The molecule has 0 saturated heterocycles. The van der Waals surface area contributed by atoms with Gasteiger partial charge in [0.2, 0.25) is 0 Å². The molecule has 0 saturated carbocycles. The molecular weight excluding hydrogens is 629 g/mol. The molecular formula is C26H29IrN2O6-. The van der Waals surface area contributed by atoms with Crippen LogP contribution in [0.5, 0.6) is 0 Å². The number of carbonyl (C=O) groups excluding carboxylic acids is 2. The van der Waals surface area contributed by atoms with Crippen molar-refractivity contribution in [3.05, 3.63) is 71.5 Å². The van der Waals surface area contributed by atoms with Crippen LogP contribution in [0.15, 0.2) is 48.7 Å². The molecule has 2 N–H and O–H groups in total. The number of methoxy groups -OCH3 is 2. The van der Waals surface area contributed by atoms with Gasteiger partial charge in [-0.1, -0.05) is 12.1 Å². The van der Waals surface area contributed by atoms with Crippen molar-refractivity contribution in [3.8, 4) is 22.5 Å². The summed E-state index contributed by atoms with van der Waals surface area (Å²) in [4.78, 5) is 32.3. The molecule has 3 aromatic rings. The van der Waals surface area contributed by atoms with E-state index in [1.54, 1.807) is 62.5 Å². The van der Waals surface area contributed by atoms with E-state index in [0.717, 1.165) is 11.3 Å². The average molecular weight is 658 g/mol. The molecule has 35 heavy (non-hydrogen) atoms. The molecule has 189 valence electrons. The molecule has 1 heterocycles. The number of aryl methyl sites for hydroxylation is 1. The van der Waals surface area contributed by atoms with E-state index in [9.17, 15) is 9.59 Å². The van der Waals surface area contributed by atoms with Crippen molar-refractivity contribution in [1.29, 1.82) is 0 Å². The molecule has 0 spiro atoms. The molecule has 2 atom stereocenters. The third-order valence-electron chi connectivity index (χ3n) is 4.64. The minimum atomic E-state index is -0.425. The molecule has 2 aromatic carbocycles. The van der Waals surface area contributed by atoms with Gasteiger partial charge in [0.15, 0.2) is 0 Å². The van der Waals surface area contributed by atoms with Crippen molar-refractivity contribution in [2.24, 2.45) is 0 Å². The second-order valence-corrected chi connectivity index (χ2v) is 7.69. The van der Waals surface area contributed by atoms with E-state index in [-0.39, 0.29) is 32.3 Å². The number of aromatic nitrogens is 2. The second-order valence-electron chi connectivity index (χ2n) is 7.69. The van der Waals surface area contributed by atoms with Crippen LogP contribution in [0, 0.1) is 13.0 Å². The van der Waals surface area contributed by atoms with E-state index < -0.39 is 11.9 Å². The SMILES string of the molecule is CC(O)CC(C)O.COC(=O)c1c[c-]c(-c2ncc(C)nc2-c2ccc(C(=O)OC)cc2)cc1.[Ir]. The van der Waals surface area contributed by atoms with E-state index in [1.807, 2.05) is 6.92 Å². The molecule has 1 aromatic heterocycles. The fraction of sp³-hybridized carbons (Fsp3) is 0.308. The van der Waals surface area contributed by atoms with Crippen LogP contribution in [0.25, 0.3) is 22.5 Å². The Labute approximate surface area is 218 Å². The van der Waals surface area contributed by atoms with E-state index in [2.05, 4.69) is 16.0 Å². The number of ether oxygens (including phenoxy) is 2. The zero-order chi connectivity index (χ0) is 25.3. The summed E-state index contributed by atoms with van der Waals surface area (Å²) in [5, 5.41) is 17.1. The standard InChI is InChI=1S/C21H17N2O4.C5H12O2.Ir/c1-13-12-22-18(14-4-8-16(9-5-14)20(24)26-2)19(23-13)15-6-10-17(11-7-15)21(25)27-3;1-4(6)3-5(2)7;/h4,6-12H,1-3H3;4-7H,3H2,1-2H3;/q-1;;. The first-order valence-electron chi connectivity index (χ1n) is 10.6. The maximum Gasteiger partial charge on any atom is 0.337 e. The zero-order valence-corrected chi connectivity index (χ0v) is 22.6. The predicted molar refractivity (Wildman–Crippen MR) is 127 cm³/mol. The van der Waals surface area contributed by atoms with Gasteiger partial charge in [-0.2, -0.15) is 0 Å². The van der Waals surface area contributed by atoms with Gasteiger partial charge in [-0.3, -0.25) is 9.78 Å². The molecule has 0 bridgehead atoms. The van der Waals surface area contributed by atoms with Gasteiger partial charge < -0.3 is 24.7 Å². The molecule has 0 aliphatic rings. The van der Waals surface area contributed by atoms with Gasteiger partial charge in [0, 0.05) is 32.0 Å². The van der Waals surface area contributed by atoms with Crippen LogP contribution in [-0.2, 0) is 29.6 Å². The Morgan fingerprint density at radius 3 is 1.91 bits per heavy atom. The molecule has 2 unspecified atom stereocenters. The first-order valence-corrected chi connectivity index (χ1v) is 10.6. The fourth-order valence-corrected chi connectivity index (χ4v) is 3.07. The minimum absolute atomic E-state index is 0. The zero-order valence-electron chi connectivity index (χ0n) is 20.2. The summed E-state index contributed by atoms with van der Waals surface area (Å²) in [7, 11) is 2.67. The molecule has 8 nitrogen and oxygen atoms in total. The Bertz CT molecular complexity index is 1090. The van der Waals surface area contributed by atoms with Crippen molar-refractivity contribution >= 4 is 11.9 Å². The number of nitrogens with zero attached hydrogens (tertiary/aromatic N) is 2. The van der Waals surface area contributed by atoms with Crippen LogP contribution < -0.4 is 0 Å². The van der Waals surface area contributed by atoms with Crippen LogP contribution >= 0.6 is 0 Å². The number of aliphatic hydroxyl groups excluding tert-OH is 2. The average Bonchev–Trinajstić information content (AvgIpc) is 2.82. The molecule has 0 fully saturated rings. The number of hydrogen-bond acceptors (Lipinski definition) is 8. The Balaban J connectivity index is 0.000000672. The van der Waals surface area contributed by atoms with Crippen LogP contribution in [0.3, 0.4) is 0 Å². The predicted octanol–water partition coefficient (Wildman–Crippen LogP) is 3.63. The summed E-state index contributed by atoms with van der Waals surface area (Å²) in [6.07, 6.45) is 1.39. The van der Waals surface area contributed by atoms with Gasteiger partial charge >= 0.3 is 5.97 Å². The second kappa shape index (κ2) is 14.4. The van der Waals surface area contributed by atoms with E-state index in [1.165, 1.54) is 14.2 Å². The van der Waals surface area contributed by atoms with Crippen molar-refractivity contribution in [1.82, 2.24) is 9.97 Å². The van der Waals surface area contributed by atoms with Crippen molar-refractivity contribution in [3.63, 3.8) is 0 Å². The third kappa shape index (κ3) is 8.96. The van der Waals surface area contributed by atoms with Crippen LogP contribution in [0.1, 0.15) is 46.7 Å². The van der Waals surface area contributed by atoms with Crippen molar-refractivity contribution < 1.29 is 49.4 Å². The Morgan fingerprint density at radius 2 is 1.46 bits per heavy atom. The van der Waals surface area contributed by atoms with Crippen LogP contribution in [0.4, 0.5) is 0 Å². The number of benzene rings is 2. The Morgan fingerprint density at radius 1 is 0.914 bits per heavy atom. The molecule has 1 radical (unpaired) electrons. The van der Waals surface area contributed by atoms with Crippen LogP contribution in [0.2, 0.25) is 0 Å². The smallest absolute Gasteiger partial charge is 0.337 e. The first kappa shape index (κ1) is 30.1. The summed E-state index contributed by atoms with van der Waals surface area (Å²) in [5.74, 6) is -0.824. The van der Waals surface area contributed by atoms with Gasteiger partial charge in [0.1, 0.15) is 0 Å². The Hall–Kier alpha value is -2.97. The normalized spacial score (nSPS) is 11.7. The number of rotatable bonds is 6. The molecule has 0 aliphatic carbocycles. The number of aliphatic hydroxyl groups is 2. The first-order chi connectivity index (χ1) is 16.2. The fourth-order valence-electron chi connectivity index (χ4n) is 3.07. The maximum absolute atomic E-state index is 11.6. The Kier molecular flexibility index (Phi) is 12.4. The summed E-state index contributed by atoms with van der Waals surface area (Å²) < 4.78 is 9.43. The van der Waals surface area contributed by atoms with Gasteiger partial charge in [-0.15, -0.1) is 29.8 Å². The largest absolute Gasteiger partial charge is 0.472 e. The summed E-state index contributed by atoms with van der Waals surface area (Å²) in [6, 6.07) is 15.0. The molecule has 9 heteroatoms. The van der Waals surface area contributed by atoms with Crippen molar-refractivity contribution in [2.45, 2.75) is 39.4 Å². The van der Waals surface area contributed by atoms with Crippen LogP contribution in [-0.4, -0.2) is 58.5 Å². The quantitative estimate of drug-likeness (QED) is 0.305. The topological polar surface area (TPSA) is 119 Å². The van der Waals surface area contributed by atoms with E-state index >= 15 is 0 Å². The molecule has 0 aliphatic heterocycles. The summed E-state index contributed by atoms with van der Waals surface area (Å²) in [6.45, 7) is 5.17. The number of esters is 2. The summed E-state index contributed by atoms with van der Waals surface area (Å²) >= 11 is 0. The molecule has 3 rings (SSSR count).